The van der Waals surface area contributed by atoms with Gasteiger partial charge in [0.25, 0.3) is 5.91 Å². The molecule has 7 heteroatoms. The third-order valence-electron chi connectivity index (χ3n) is 3.72. The smallest absolute Gasteiger partial charge is 0.263 e. The summed E-state index contributed by atoms with van der Waals surface area (Å²) in [6.45, 7) is 2.21. The van der Waals surface area contributed by atoms with E-state index in [-0.39, 0.29) is 11.6 Å². The summed E-state index contributed by atoms with van der Waals surface area (Å²) >= 11 is 0. The average molecular weight is 355 g/mol. The SMILES string of the molecule is COc1ccc(C(C)NC(=O)/C(C#N)=C\NCc2ccco2)cc1OC. The van der Waals surface area contributed by atoms with E-state index in [1.54, 1.807) is 44.7 Å². The predicted molar refractivity (Wildman–Crippen MR) is 95.3 cm³/mol. The lowest BCUT2D eigenvalue weighted by molar-refractivity contribution is -0.117. The summed E-state index contributed by atoms with van der Waals surface area (Å²) in [5.74, 6) is 1.41. The molecule has 0 spiro atoms. The fourth-order valence-corrected chi connectivity index (χ4v) is 2.30. The molecular weight excluding hydrogens is 334 g/mol. The van der Waals surface area contributed by atoms with Gasteiger partial charge in [-0.05, 0) is 36.8 Å². The molecule has 1 amide bonds. The van der Waals surface area contributed by atoms with Crippen molar-refractivity contribution < 1.29 is 18.7 Å². The molecule has 0 bridgehead atoms. The Morgan fingerprint density at radius 3 is 2.69 bits per heavy atom. The van der Waals surface area contributed by atoms with Crippen molar-refractivity contribution in [2.24, 2.45) is 0 Å². The number of nitriles is 1. The molecule has 2 rings (SSSR count). The number of benzene rings is 1. The lowest BCUT2D eigenvalue weighted by Crippen LogP contribution is -2.28. The van der Waals surface area contributed by atoms with Crippen molar-refractivity contribution in [3.8, 4) is 17.6 Å². The maximum Gasteiger partial charge on any atom is 0.263 e. The number of ether oxygens (including phenoxy) is 2. The first-order valence-corrected chi connectivity index (χ1v) is 7.97. The minimum absolute atomic E-state index is 0.0242. The Labute approximate surface area is 152 Å². The number of carbonyl (C=O) groups excluding carboxylic acids is 1. The highest BCUT2D eigenvalue weighted by atomic mass is 16.5. The maximum absolute atomic E-state index is 12.3. The Morgan fingerprint density at radius 2 is 2.08 bits per heavy atom. The number of nitrogens with zero attached hydrogens (tertiary/aromatic N) is 1. The quantitative estimate of drug-likeness (QED) is 0.558. The molecule has 0 aliphatic rings. The molecule has 0 aliphatic heterocycles. The largest absolute Gasteiger partial charge is 0.493 e. The van der Waals surface area contributed by atoms with E-state index < -0.39 is 5.91 Å². The summed E-state index contributed by atoms with van der Waals surface area (Å²) in [5, 5.41) is 14.9. The Hall–Kier alpha value is -3.40. The average Bonchev–Trinajstić information content (AvgIpc) is 3.17. The van der Waals surface area contributed by atoms with Gasteiger partial charge in [0.1, 0.15) is 17.4 Å². The Kier molecular flexibility index (Phi) is 6.68. The van der Waals surface area contributed by atoms with Crippen LogP contribution in [-0.2, 0) is 11.3 Å². The summed E-state index contributed by atoms with van der Waals surface area (Å²) in [7, 11) is 3.11. The molecule has 0 radical (unpaired) electrons. The van der Waals surface area contributed by atoms with Crippen molar-refractivity contribution in [2.75, 3.05) is 14.2 Å². The molecule has 26 heavy (non-hydrogen) atoms. The van der Waals surface area contributed by atoms with Gasteiger partial charge < -0.3 is 24.5 Å². The van der Waals surface area contributed by atoms with Gasteiger partial charge >= 0.3 is 0 Å². The van der Waals surface area contributed by atoms with Crippen LogP contribution in [-0.4, -0.2) is 20.1 Å². The van der Waals surface area contributed by atoms with Crippen molar-refractivity contribution >= 4 is 5.91 Å². The maximum atomic E-state index is 12.3. The van der Waals surface area contributed by atoms with Crippen LogP contribution < -0.4 is 20.1 Å². The van der Waals surface area contributed by atoms with Crippen LogP contribution in [0.2, 0.25) is 0 Å². The van der Waals surface area contributed by atoms with Crippen molar-refractivity contribution in [3.63, 3.8) is 0 Å². The van der Waals surface area contributed by atoms with Gasteiger partial charge in [0.15, 0.2) is 11.5 Å². The summed E-state index contributed by atoms with van der Waals surface area (Å²) in [6, 6.07) is 10.5. The summed E-state index contributed by atoms with van der Waals surface area (Å²) in [6.07, 6.45) is 2.93. The van der Waals surface area contributed by atoms with E-state index in [1.165, 1.54) is 6.20 Å². The van der Waals surface area contributed by atoms with Crippen LogP contribution in [0.1, 0.15) is 24.3 Å². The van der Waals surface area contributed by atoms with E-state index in [4.69, 9.17) is 13.9 Å². The van der Waals surface area contributed by atoms with Crippen LogP contribution in [0.5, 0.6) is 11.5 Å². The molecule has 0 fully saturated rings. The highest BCUT2D eigenvalue weighted by Crippen LogP contribution is 2.29. The van der Waals surface area contributed by atoms with Crippen molar-refractivity contribution in [3.05, 3.63) is 59.7 Å². The van der Waals surface area contributed by atoms with E-state index in [0.29, 0.717) is 23.8 Å². The predicted octanol–water partition coefficient (Wildman–Crippen LogP) is 2.67. The van der Waals surface area contributed by atoms with Crippen LogP contribution in [0.15, 0.2) is 52.8 Å². The molecule has 1 unspecified atom stereocenters. The number of methoxy groups -OCH3 is 2. The molecule has 2 N–H and O–H groups in total. The fourth-order valence-electron chi connectivity index (χ4n) is 2.30. The van der Waals surface area contributed by atoms with E-state index in [0.717, 1.165) is 5.56 Å². The van der Waals surface area contributed by atoms with Gasteiger partial charge in [-0.1, -0.05) is 6.07 Å². The Balaban J connectivity index is 2.01. The highest BCUT2D eigenvalue weighted by Gasteiger charge is 2.15. The van der Waals surface area contributed by atoms with Gasteiger partial charge in [0.05, 0.1) is 33.1 Å². The lowest BCUT2D eigenvalue weighted by Gasteiger charge is -2.16. The molecule has 1 aromatic carbocycles. The van der Waals surface area contributed by atoms with Crippen LogP contribution >= 0.6 is 0 Å². The van der Waals surface area contributed by atoms with E-state index in [9.17, 15) is 10.1 Å². The number of hydrogen-bond acceptors (Lipinski definition) is 6. The third-order valence-corrected chi connectivity index (χ3v) is 3.72. The second kappa shape index (κ2) is 9.18. The van der Waals surface area contributed by atoms with Gasteiger partial charge in [-0.15, -0.1) is 0 Å². The fraction of sp³-hybridized carbons (Fsp3) is 0.263. The van der Waals surface area contributed by atoms with Crippen LogP contribution in [0, 0.1) is 11.3 Å². The monoisotopic (exact) mass is 355 g/mol. The van der Waals surface area contributed by atoms with Crippen LogP contribution in [0.3, 0.4) is 0 Å². The molecule has 0 aliphatic carbocycles. The molecular formula is C19H21N3O4. The Bertz CT molecular complexity index is 807. The van der Waals surface area contributed by atoms with Crippen molar-refractivity contribution in [2.45, 2.75) is 19.5 Å². The minimum Gasteiger partial charge on any atom is -0.493 e. The molecule has 1 atom stereocenters. The number of amides is 1. The van der Waals surface area contributed by atoms with Gasteiger partial charge in [-0.25, -0.2) is 0 Å². The van der Waals surface area contributed by atoms with Gasteiger partial charge in [0, 0.05) is 6.20 Å². The molecule has 136 valence electrons. The number of rotatable bonds is 8. The van der Waals surface area contributed by atoms with E-state index in [2.05, 4.69) is 10.6 Å². The third kappa shape index (κ3) is 4.80. The summed E-state index contributed by atoms with van der Waals surface area (Å²) < 4.78 is 15.6. The minimum atomic E-state index is -0.471. The molecule has 0 saturated carbocycles. The van der Waals surface area contributed by atoms with Crippen LogP contribution in [0.25, 0.3) is 0 Å². The first kappa shape index (κ1) is 18.9. The second-order valence-electron chi connectivity index (χ2n) is 5.44. The van der Waals surface area contributed by atoms with Crippen molar-refractivity contribution in [1.29, 1.82) is 5.26 Å². The Morgan fingerprint density at radius 1 is 1.31 bits per heavy atom. The number of furan rings is 1. The number of hydrogen-bond donors (Lipinski definition) is 2. The topological polar surface area (TPSA) is 96.5 Å². The number of carbonyl (C=O) groups is 1. The first-order valence-electron chi connectivity index (χ1n) is 7.97. The normalized spacial score (nSPS) is 12.0. The lowest BCUT2D eigenvalue weighted by atomic mass is 10.1. The summed E-state index contributed by atoms with van der Waals surface area (Å²) in [4.78, 5) is 12.3. The summed E-state index contributed by atoms with van der Waals surface area (Å²) in [5.41, 5.74) is 0.806. The van der Waals surface area contributed by atoms with Gasteiger partial charge in [-0.3, -0.25) is 4.79 Å². The molecule has 0 saturated heterocycles. The standard InChI is InChI=1S/C19H21N3O4/c1-13(14-6-7-17(24-2)18(9-14)25-3)22-19(23)15(10-20)11-21-12-16-5-4-8-26-16/h4-9,11,13,21H,12H2,1-3H3,(H,22,23)/b15-11-. The zero-order valence-corrected chi connectivity index (χ0v) is 14.9. The zero-order valence-electron chi connectivity index (χ0n) is 14.9. The van der Waals surface area contributed by atoms with E-state index in [1.807, 2.05) is 19.1 Å². The first-order chi connectivity index (χ1) is 12.6. The van der Waals surface area contributed by atoms with Gasteiger partial charge in [-0.2, -0.15) is 5.26 Å². The van der Waals surface area contributed by atoms with Crippen molar-refractivity contribution in [1.82, 2.24) is 10.6 Å². The second-order valence-corrected chi connectivity index (χ2v) is 5.44. The van der Waals surface area contributed by atoms with Gasteiger partial charge in [0.2, 0.25) is 0 Å². The molecule has 1 aromatic heterocycles. The molecule has 2 aromatic rings. The molecule has 1 heterocycles. The highest BCUT2D eigenvalue weighted by molar-refractivity contribution is 5.97. The zero-order chi connectivity index (χ0) is 18.9. The number of nitrogens with one attached hydrogen (secondary N) is 2. The van der Waals surface area contributed by atoms with E-state index >= 15 is 0 Å². The molecule has 7 nitrogen and oxygen atoms in total. The van der Waals surface area contributed by atoms with Crippen LogP contribution in [0.4, 0.5) is 0 Å².